The van der Waals surface area contributed by atoms with Crippen molar-refractivity contribution in [1.82, 2.24) is 4.98 Å². The van der Waals surface area contributed by atoms with Crippen molar-refractivity contribution in [1.29, 1.82) is 0 Å². The minimum Gasteiger partial charge on any atom is -0.354 e. The molecule has 0 aliphatic heterocycles. The lowest BCUT2D eigenvalue weighted by Crippen LogP contribution is -1.79. The van der Waals surface area contributed by atoms with Gasteiger partial charge in [0, 0.05) is 21.1 Å². The van der Waals surface area contributed by atoms with Gasteiger partial charge in [0.1, 0.15) is 0 Å². The second-order valence-electron chi connectivity index (χ2n) is 4.68. The van der Waals surface area contributed by atoms with Crippen molar-refractivity contribution in [3.05, 3.63) is 58.1 Å². The van der Waals surface area contributed by atoms with Crippen LogP contribution in [-0.4, -0.2) is 4.98 Å². The summed E-state index contributed by atoms with van der Waals surface area (Å²) < 4.78 is 1.11. The fourth-order valence-corrected chi connectivity index (χ4v) is 2.55. The monoisotopic (exact) mass is 299 g/mol. The van der Waals surface area contributed by atoms with E-state index in [9.17, 15) is 0 Å². The number of rotatable bonds is 1. The summed E-state index contributed by atoms with van der Waals surface area (Å²) in [5.41, 5.74) is 6.24. The van der Waals surface area contributed by atoms with Gasteiger partial charge in [-0.25, -0.2) is 0 Å². The highest BCUT2D eigenvalue weighted by atomic mass is 79.9. The van der Waals surface area contributed by atoms with Gasteiger partial charge in [0.05, 0.1) is 0 Å². The summed E-state index contributed by atoms with van der Waals surface area (Å²) in [4.78, 5) is 3.53. The van der Waals surface area contributed by atoms with Crippen LogP contribution in [0.3, 0.4) is 0 Å². The zero-order valence-electron chi connectivity index (χ0n) is 10.4. The van der Waals surface area contributed by atoms with Crippen LogP contribution in [0.5, 0.6) is 0 Å². The highest BCUT2D eigenvalue weighted by molar-refractivity contribution is 9.10. The third-order valence-electron chi connectivity index (χ3n) is 3.38. The molecule has 0 amide bonds. The Morgan fingerprint density at radius 3 is 2.22 bits per heavy atom. The Kier molecular flexibility index (Phi) is 2.75. The SMILES string of the molecule is Cc1ccc(C)c2[nH]c(-c3ccc(Br)cc3)cc12. The molecule has 0 saturated carbocycles. The highest BCUT2D eigenvalue weighted by Crippen LogP contribution is 2.28. The summed E-state index contributed by atoms with van der Waals surface area (Å²) in [6, 6.07) is 15.0. The second-order valence-corrected chi connectivity index (χ2v) is 5.59. The number of fused-ring (bicyclic) bond motifs is 1. The molecule has 1 aromatic heterocycles. The number of aryl methyl sites for hydroxylation is 2. The summed E-state index contributed by atoms with van der Waals surface area (Å²) in [6.45, 7) is 4.30. The maximum Gasteiger partial charge on any atom is 0.0491 e. The lowest BCUT2D eigenvalue weighted by Gasteiger charge is -1.99. The maximum absolute atomic E-state index is 3.53. The summed E-state index contributed by atoms with van der Waals surface area (Å²) in [7, 11) is 0. The minimum absolute atomic E-state index is 1.11. The van der Waals surface area contributed by atoms with Crippen molar-refractivity contribution in [3.8, 4) is 11.3 Å². The fourth-order valence-electron chi connectivity index (χ4n) is 2.28. The molecule has 90 valence electrons. The van der Waals surface area contributed by atoms with Crippen LogP contribution in [0.1, 0.15) is 11.1 Å². The first-order chi connectivity index (χ1) is 8.65. The van der Waals surface area contributed by atoms with E-state index in [4.69, 9.17) is 0 Å². The van der Waals surface area contributed by atoms with Crippen molar-refractivity contribution in [2.75, 3.05) is 0 Å². The van der Waals surface area contributed by atoms with E-state index in [-0.39, 0.29) is 0 Å². The van der Waals surface area contributed by atoms with Gasteiger partial charge in [0.15, 0.2) is 0 Å². The average Bonchev–Trinajstić information content (AvgIpc) is 2.81. The third kappa shape index (κ3) is 1.87. The summed E-state index contributed by atoms with van der Waals surface area (Å²) in [6.07, 6.45) is 0. The van der Waals surface area contributed by atoms with E-state index in [1.165, 1.54) is 33.3 Å². The van der Waals surface area contributed by atoms with E-state index < -0.39 is 0 Å². The third-order valence-corrected chi connectivity index (χ3v) is 3.90. The number of halogens is 1. The van der Waals surface area contributed by atoms with Gasteiger partial charge in [-0.2, -0.15) is 0 Å². The number of benzene rings is 2. The van der Waals surface area contributed by atoms with Gasteiger partial charge < -0.3 is 4.98 Å². The van der Waals surface area contributed by atoms with Gasteiger partial charge in [-0.05, 0) is 48.7 Å². The Hall–Kier alpha value is -1.54. The molecule has 1 N–H and O–H groups in total. The van der Waals surface area contributed by atoms with E-state index in [2.05, 4.69) is 77.2 Å². The van der Waals surface area contributed by atoms with Crippen LogP contribution in [0.15, 0.2) is 46.9 Å². The van der Waals surface area contributed by atoms with Crippen LogP contribution >= 0.6 is 15.9 Å². The smallest absolute Gasteiger partial charge is 0.0491 e. The molecule has 0 radical (unpaired) electrons. The molecular weight excluding hydrogens is 286 g/mol. The molecule has 2 heteroatoms. The zero-order valence-corrected chi connectivity index (χ0v) is 12.0. The molecular formula is C16H14BrN. The summed E-state index contributed by atoms with van der Waals surface area (Å²) >= 11 is 3.47. The molecule has 1 nitrogen and oxygen atoms in total. The van der Waals surface area contributed by atoms with E-state index in [1.54, 1.807) is 0 Å². The molecule has 0 atom stereocenters. The Labute approximate surface area is 115 Å². The number of aromatic amines is 1. The van der Waals surface area contributed by atoms with Crippen LogP contribution in [-0.2, 0) is 0 Å². The van der Waals surface area contributed by atoms with Gasteiger partial charge in [-0.15, -0.1) is 0 Å². The number of hydrogen-bond acceptors (Lipinski definition) is 0. The maximum atomic E-state index is 3.53. The van der Waals surface area contributed by atoms with Crippen LogP contribution < -0.4 is 0 Å². The van der Waals surface area contributed by atoms with Crippen LogP contribution in [0.2, 0.25) is 0 Å². The largest absolute Gasteiger partial charge is 0.354 e. The van der Waals surface area contributed by atoms with E-state index in [0.29, 0.717) is 0 Å². The standard InChI is InChI=1S/C16H14BrN/c1-10-3-4-11(2)16-14(10)9-15(18-16)12-5-7-13(17)8-6-12/h3-9,18H,1-2H3. The van der Waals surface area contributed by atoms with Gasteiger partial charge in [0.2, 0.25) is 0 Å². The van der Waals surface area contributed by atoms with Crippen LogP contribution in [0, 0.1) is 13.8 Å². The quantitative estimate of drug-likeness (QED) is 0.634. The van der Waals surface area contributed by atoms with Crippen molar-refractivity contribution < 1.29 is 0 Å². The Bertz CT molecular complexity index is 669. The Morgan fingerprint density at radius 1 is 0.889 bits per heavy atom. The number of nitrogens with one attached hydrogen (secondary N) is 1. The van der Waals surface area contributed by atoms with E-state index in [1.807, 2.05) is 0 Å². The highest BCUT2D eigenvalue weighted by Gasteiger charge is 2.07. The first-order valence-corrected chi connectivity index (χ1v) is 6.79. The molecule has 0 aliphatic rings. The molecule has 0 saturated heterocycles. The van der Waals surface area contributed by atoms with Gasteiger partial charge in [0.25, 0.3) is 0 Å². The molecule has 2 aromatic carbocycles. The fraction of sp³-hybridized carbons (Fsp3) is 0.125. The second kappa shape index (κ2) is 4.29. The normalized spacial score (nSPS) is 11.1. The zero-order chi connectivity index (χ0) is 12.7. The molecule has 3 rings (SSSR count). The van der Waals surface area contributed by atoms with Crippen molar-refractivity contribution in [3.63, 3.8) is 0 Å². The molecule has 0 fully saturated rings. The van der Waals surface area contributed by atoms with Gasteiger partial charge in [-0.3, -0.25) is 0 Å². The predicted molar refractivity (Wildman–Crippen MR) is 80.9 cm³/mol. The molecule has 0 aliphatic carbocycles. The van der Waals surface area contributed by atoms with E-state index in [0.717, 1.165) is 4.47 Å². The topological polar surface area (TPSA) is 15.8 Å². The molecule has 0 spiro atoms. The molecule has 0 unspecified atom stereocenters. The summed E-state index contributed by atoms with van der Waals surface area (Å²) in [5, 5.41) is 1.31. The lowest BCUT2D eigenvalue weighted by atomic mass is 10.1. The van der Waals surface area contributed by atoms with Crippen molar-refractivity contribution in [2.45, 2.75) is 13.8 Å². The van der Waals surface area contributed by atoms with Gasteiger partial charge in [-0.1, -0.05) is 40.2 Å². The number of hydrogen-bond donors (Lipinski definition) is 1. The lowest BCUT2D eigenvalue weighted by molar-refractivity contribution is 1.39. The first kappa shape index (κ1) is 11.5. The van der Waals surface area contributed by atoms with Gasteiger partial charge >= 0.3 is 0 Å². The average molecular weight is 300 g/mol. The van der Waals surface area contributed by atoms with Crippen molar-refractivity contribution >= 4 is 26.8 Å². The van der Waals surface area contributed by atoms with Crippen molar-refractivity contribution in [2.24, 2.45) is 0 Å². The minimum atomic E-state index is 1.11. The van der Waals surface area contributed by atoms with Crippen LogP contribution in [0.4, 0.5) is 0 Å². The number of aromatic nitrogens is 1. The molecule has 3 aromatic rings. The molecule has 1 heterocycles. The first-order valence-electron chi connectivity index (χ1n) is 6.00. The number of H-pyrrole nitrogens is 1. The predicted octanol–water partition coefficient (Wildman–Crippen LogP) is 5.21. The Morgan fingerprint density at radius 2 is 1.56 bits per heavy atom. The van der Waals surface area contributed by atoms with Crippen LogP contribution in [0.25, 0.3) is 22.2 Å². The van der Waals surface area contributed by atoms with E-state index >= 15 is 0 Å². The Balaban J connectivity index is 2.22. The summed E-state index contributed by atoms with van der Waals surface area (Å²) in [5.74, 6) is 0. The molecule has 0 bridgehead atoms. The molecule has 18 heavy (non-hydrogen) atoms.